The van der Waals surface area contributed by atoms with Crippen molar-refractivity contribution in [1.82, 2.24) is 4.98 Å². The fraction of sp³-hybridized carbons (Fsp3) is 1.00. The lowest BCUT2D eigenvalue weighted by molar-refractivity contribution is 0.262. The molecular formula is C7H23NO4Si4. The summed E-state index contributed by atoms with van der Waals surface area (Å²) in [5.74, 6) is 0. The Morgan fingerprint density at radius 1 is 0.938 bits per heavy atom. The van der Waals surface area contributed by atoms with Crippen molar-refractivity contribution < 1.29 is 16.5 Å². The number of rotatable bonds is 2. The fourth-order valence-electron chi connectivity index (χ4n) is 1.88. The molecule has 1 aliphatic heterocycles. The first-order valence-electron chi connectivity index (χ1n) is 5.75. The van der Waals surface area contributed by atoms with Crippen LogP contribution >= 0.6 is 0 Å². The molecule has 9 heteroatoms. The number of hydrogen-bond donors (Lipinski definition) is 1. The van der Waals surface area contributed by atoms with E-state index in [9.17, 15) is 0 Å². The zero-order valence-corrected chi connectivity index (χ0v) is 15.4. The summed E-state index contributed by atoms with van der Waals surface area (Å²) < 4.78 is 23.7. The summed E-state index contributed by atoms with van der Waals surface area (Å²) in [4.78, 5) is 3.42. The van der Waals surface area contributed by atoms with Crippen LogP contribution in [0.25, 0.3) is 0 Å². The smallest absolute Gasteiger partial charge is 0.403 e. The molecule has 5 nitrogen and oxygen atoms in total. The SMILES string of the molecule is CC(C)N[Si]1(C)O[SiH](C)O[SiH](C)O[SiH](C)O1. The van der Waals surface area contributed by atoms with E-state index in [-0.39, 0.29) is 0 Å². The van der Waals surface area contributed by atoms with Crippen LogP contribution in [0.1, 0.15) is 13.8 Å². The molecule has 16 heavy (non-hydrogen) atoms. The summed E-state index contributed by atoms with van der Waals surface area (Å²) in [5, 5.41) is 0. The van der Waals surface area contributed by atoms with Crippen LogP contribution in [-0.4, -0.2) is 42.6 Å². The van der Waals surface area contributed by atoms with Crippen LogP contribution in [0.3, 0.4) is 0 Å². The topological polar surface area (TPSA) is 49.0 Å². The summed E-state index contributed by atoms with van der Waals surface area (Å²) in [6.45, 7) is 12.4. The van der Waals surface area contributed by atoms with Gasteiger partial charge in [0.1, 0.15) is 0 Å². The zero-order chi connectivity index (χ0) is 12.3. The average molecular weight is 298 g/mol. The molecule has 96 valence electrons. The van der Waals surface area contributed by atoms with Crippen molar-refractivity contribution in [1.29, 1.82) is 0 Å². The third kappa shape index (κ3) is 4.89. The largest absolute Gasteiger partial charge is 0.420 e. The summed E-state index contributed by atoms with van der Waals surface area (Å²) in [5.41, 5.74) is 0. The van der Waals surface area contributed by atoms with E-state index < -0.39 is 36.6 Å². The highest BCUT2D eigenvalue weighted by molar-refractivity contribution is 6.79. The van der Waals surface area contributed by atoms with Crippen molar-refractivity contribution >= 4 is 36.6 Å². The van der Waals surface area contributed by atoms with E-state index in [0.29, 0.717) is 6.04 Å². The number of nitrogens with one attached hydrogen (secondary N) is 1. The maximum atomic E-state index is 6.04. The minimum atomic E-state index is -2.29. The van der Waals surface area contributed by atoms with Gasteiger partial charge in [-0.1, -0.05) is 13.8 Å². The maximum Gasteiger partial charge on any atom is 0.403 e. The predicted octanol–water partition coefficient (Wildman–Crippen LogP) is 0.184. The fourth-order valence-corrected chi connectivity index (χ4v) is 15.9. The van der Waals surface area contributed by atoms with Gasteiger partial charge in [0, 0.05) is 0 Å². The molecule has 0 saturated carbocycles. The lowest BCUT2D eigenvalue weighted by atomic mass is 10.4. The second-order valence-corrected chi connectivity index (χ2v) is 14.1. The van der Waals surface area contributed by atoms with Crippen LogP contribution in [0.5, 0.6) is 0 Å². The van der Waals surface area contributed by atoms with Crippen molar-refractivity contribution in [2.45, 2.75) is 46.1 Å². The second kappa shape index (κ2) is 6.02. The Morgan fingerprint density at radius 3 is 1.75 bits per heavy atom. The average Bonchev–Trinajstić information content (AvgIpc) is 1.95. The van der Waals surface area contributed by atoms with Crippen molar-refractivity contribution in [3.63, 3.8) is 0 Å². The normalized spacial score (nSPS) is 41.8. The van der Waals surface area contributed by atoms with Gasteiger partial charge in [-0.3, -0.25) is 4.98 Å². The predicted molar refractivity (Wildman–Crippen MR) is 73.3 cm³/mol. The molecule has 1 heterocycles. The molecule has 0 spiro atoms. The van der Waals surface area contributed by atoms with Crippen molar-refractivity contribution in [3.8, 4) is 0 Å². The van der Waals surface area contributed by atoms with Crippen LogP contribution < -0.4 is 4.98 Å². The Balaban J connectivity index is 2.68. The molecule has 0 radical (unpaired) electrons. The van der Waals surface area contributed by atoms with Crippen LogP contribution in [0.4, 0.5) is 0 Å². The maximum absolute atomic E-state index is 6.04. The molecule has 1 N–H and O–H groups in total. The first-order chi connectivity index (χ1) is 7.31. The summed E-state index contributed by atoms with van der Waals surface area (Å²) in [7, 11) is -7.01. The Morgan fingerprint density at radius 2 is 1.38 bits per heavy atom. The van der Waals surface area contributed by atoms with Gasteiger partial charge in [0.05, 0.1) is 0 Å². The second-order valence-electron chi connectivity index (χ2n) is 4.46. The van der Waals surface area contributed by atoms with E-state index in [1.807, 2.05) is 26.2 Å². The van der Waals surface area contributed by atoms with E-state index in [1.54, 1.807) is 0 Å². The van der Waals surface area contributed by atoms with Crippen LogP contribution in [0.2, 0.25) is 26.2 Å². The van der Waals surface area contributed by atoms with E-state index in [1.165, 1.54) is 0 Å². The summed E-state index contributed by atoms with van der Waals surface area (Å²) in [6, 6.07) is 0.355. The van der Waals surface area contributed by atoms with Gasteiger partial charge in [0.15, 0.2) is 0 Å². The molecule has 0 amide bonds. The summed E-state index contributed by atoms with van der Waals surface area (Å²) in [6.07, 6.45) is 0. The molecule has 1 rings (SSSR count). The van der Waals surface area contributed by atoms with Gasteiger partial charge in [-0.15, -0.1) is 0 Å². The molecule has 2 unspecified atom stereocenters. The minimum Gasteiger partial charge on any atom is -0.420 e. The molecule has 0 aromatic rings. The van der Waals surface area contributed by atoms with Gasteiger partial charge < -0.3 is 16.5 Å². The number of hydrogen-bond acceptors (Lipinski definition) is 5. The van der Waals surface area contributed by atoms with Crippen LogP contribution in [0, 0.1) is 0 Å². The Bertz CT molecular complexity index is 218. The van der Waals surface area contributed by atoms with E-state index in [4.69, 9.17) is 16.5 Å². The van der Waals surface area contributed by atoms with Crippen molar-refractivity contribution in [2.24, 2.45) is 0 Å². The minimum absolute atomic E-state index is 0.355. The molecule has 1 aliphatic rings. The first kappa shape index (κ1) is 14.7. The Kier molecular flexibility index (Phi) is 5.54. The lowest BCUT2D eigenvalue weighted by Crippen LogP contribution is -2.63. The summed E-state index contributed by atoms with van der Waals surface area (Å²) >= 11 is 0. The highest BCUT2D eigenvalue weighted by Crippen LogP contribution is 2.14. The van der Waals surface area contributed by atoms with Crippen molar-refractivity contribution in [2.75, 3.05) is 0 Å². The molecular weight excluding hydrogens is 274 g/mol. The molecule has 1 fully saturated rings. The van der Waals surface area contributed by atoms with Gasteiger partial charge in [-0.2, -0.15) is 0 Å². The Hall–Kier alpha value is 0.668. The highest BCUT2D eigenvalue weighted by atomic mass is 28.5. The van der Waals surface area contributed by atoms with E-state index in [0.717, 1.165) is 0 Å². The quantitative estimate of drug-likeness (QED) is 0.737. The van der Waals surface area contributed by atoms with Gasteiger partial charge >= 0.3 is 27.3 Å². The van der Waals surface area contributed by atoms with Crippen LogP contribution in [0.15, 0.2) is 0 Å². The lowest BCUT2D eigenvalue weighted by Gasteiger charge is -2.37. The van der Waals surface area contributed by atoms with E-state index in [2.05, 4.69) is 18.8 Å². The van der Waals surface area contributed by atoms with Gasteiger partial charge in [0.25, 0.3) is 9.28 Å². The monoisotopic (exact) mass is 297 g/mol. The Labute approximate surface area is 104 Å². The molecule has 1 saturated heterocycles. The van der Waals surface area contributed by atoms with Gasteiger partial charge in [-0.05, 0) is 32.2 Å². The first-order valence-corrected chi connectivity index (χ1v) is 14.4. The third-order valence-corrected chi connectivity index (χ3v) is 15.6. The molecule has 0 aliphatic carbocycles. The van der Waals surface area contributed by atoms with E-state index >= 15 is 0 Å². The molecule has 2 atom stereocenters. The standard InChI is InChI=1S/C7H23NO4Si4/c1-7(2)8-16(6)11-14(4)9-13(3)10-15(5)12-16/h7-8,13-15H,1-6H3. The van der Waals surface area contributed by atoms with Crippen molar-refractivity contribution in [3.05, 3.63) is 0 Å². The van der Waals surface area contributed by atoms with Crippen LogP contribution in [-0.2, 0) is 16.5 Å². The zero-order valence-electron chi connectivity index (χ0n) is 10.9. The third-order valence-electron chi connectivity index (χ3n) is 2.10. The van der Waals surface area contributed by atoms with Gasteiger partial charge in [0.2, 0.25) is 0 Å². The highest BCUT2D eigenvalue weighted by Gasteiger charge is 2.40. The molecule has 0 bridgehead atoms. The molecule has 0 aromatic carbocycles. The van der Waals surface area contributed by atoms with Gasteiger partial charge in [-0.25, -0.2) is 0 Å². The molecule has 0 aromatic heterocycles.